The zero-order valence-electron chi connectivity index (χ0n) is 11.9. The van der Waals surface area contributed by atoms with E-state index < -0.39 is 13.9 Å². The van der Waals surface area contributed by atoms with Gasteiger partial charge in [-0.25, -0.2) is 0 Å². The van der Waals surface area contributed by atoms with Gasteiger partial charge in [-0.05, 0) is 25.6 Å². The van der Waals surface area contributed by atoms with Gasteiger partial charge in [-0.3, -0.25) is 0 Å². The van der Waals surface area contributed by atoms with Crippen molar-refractivity contribution in [2.45, 2.75) is 51.9 Å². The minimum Gasteiger partial charge on any atom is -0.400 e. The molecule has 1 aliphatic heterocycles. The predicted molar refractivity (Wildman–Crippen MR) is 73.3 cm³/mol. The maximum absolute atomic E-state index is 9.40. The summed E-state index contributed by atoms with van der Waals surface area (Å²) < 4.78 is 6.12. The molecule has 0 saturated carbocycles. The Hall–Kier alpha value is -0.373. The molecule has 1 fully saturated rings. The first-order chi connectivity index (χ1) is 7.76. The van der Waals surface area contributed by atoms with Gasteiger partial charge in [0, 0.05) is 32.5 Å². The molecule has 98 valence electrons. The van der Waals surface area contributed by atoms with Gasteiger partial charge in [-0.2, -0.15) is 5.26 Å². The molecule has 0 N–H and O–H groups in total. The number of nitrogens with zero attached hydrogens (tertiary/aromatic N) is 2. The molecule has 0 amide bonds. The van der Waals surface area contributed by atoms with E-state index in [1.165, 1.54) is 0 Å². The summed E-state index contributed by atoms with van der Waals surface area (Å²) in [6, 6.07) is 2.43. The van der Waals surface area contributed by atoms with E-state index in [-0.39, 0.29) is 0 Å². The normalized spacial score (nSPS) is 21.5. The number of rotatable bonds is 4. The van der Waals surface area contributed by atoms with E-state index in [1.807, 2.05) is 0 Å². The second-order valence-corrected chi connectivity index (χ2v) is 10.9. The lowest BCUT2D eigenvalue weighted by atomic mass is 9.93. The minimum absolute atomic E-state index is 0.502. The van der Waals surface area contributed by atoms with Gasteiger partial charge in [0.1, 0.15) is 5.60 Å². The van der Waals surface area contributed by atoms with Crippen LogP contribution in [0.1, 0.15) is 26.7 Å². The second-order valence-electron chi connectivity index (χ2n) is 6.51. The maximum Gasteiger partial charge on any atom is 0.185 e. The summed E-state index contributed by atoms with van der Waals surface area (Å²) in [7, 11) is -1.63. The minimum atomic E-state index is -1.63. The smallest absolute Gasteiger partial charge is 0.185 e. The SMILES string of the molecule is CC(C)CN1CCC(C#N)(O[Si](C)(C)C)CC1. The van der Waals surface area contributed by atoms with Gasteiger partial charge in [-0.15, -0.1) is 0 Å². The van der Waals surface area contributed by atoms with Crippen LogP contribution in [0.5, 0.6) is 0 Å². The maximum atomic E-state index is 9.40. The molecule has 1 rings (SSSR count). The predicted octanol–water partition coefficient (Wildman–Crippen LogP) is 2.85. The molecule has 1 saturated heterocycles. The highest BCUT2D eigenvalue weighted by Crippen LogP contribution is 2.29. The Labute approximate surface area is 107 Å². The molecule has 0 aromatic heterocycles. The van der Waals surface area contributed by atoms with E-state index >= 15 is 0 Å². The van der Waals surface area contributed by atoms with E-state index in [9.17, 15) is 5.26 Å². The second kappa shape index (κ2) is 5.51. The van der Waals surface area contributed by atoms with Gasteiger partial charge in [-0.1, -0.05) is 13.8 Å². The van der Waals surface area contributed by atoms with E-state index in [0.717, 1.165) is 32.5 Å². The zero-order valence-corrected chi connectivity index (χ0v) is 12.9. The van der Waals surface area contributed by atoms with E-state index in [1.54, 1.807) is 0 Å². The van der Waals surface area contributed by atoms with Crippen LogP contribution in [0, 0.1) is 17.2 Å². The van der Waals surface area contributed by atoms with Crippen molar-refractivity contribution in [2.75, 3.05) is 19.6 Å². The molecule has 3 nitrogen and oxygen atoms in total. The van der Waals surface area contributed by atoms with Crippen LogP contribution in [0.15, 0.2) is 0 Å². The lowest BCUT2D eigenvalue weighted by molar-refractivity contribution is 0.0367. The fourth-order valence-electron chi connectivity index (χ4n) is 2.44. The van der Waals surface area contributed by atoms with Crippen LogP contribution in [-0.2, 0) is 4.43 Å². The molecule has 17 heavy (non-hydrogen) atoms. The van der Waals surface area contributed by atoms with Crippen molar-refractivity contribution in [3.8, 4) is 6.07 Å². The standard InChI is InChI=1S/C13H26N2OSi/c1-12(2)10-15-8-6-13(11-14,7-9-15)16-17(3,4)5/h12H,6-10H2,1-5H3. The zero-order chi connectivity index (χ0) is 13.1. The Morgan fingerprint density at radius 2 is 1.82 bits per heavy atom. The first-order valence-electron chi connectivity index (χ1n) is 6.60. The quantitative estimate of drug-likeness (QED) is 0.724. The Morgan fingerprint density at radius 1 is 1.29 bits per heavy atom. The molecule has 0 aromatic carbocycles. The molecule has 0 unspecified atom stereocenters. The molecular formula is C13H26N2OSi. The molecule has 0 spiro atoms. The molecule has 0 atom stereocenters. The summed E-state index contributed by atoms with van der Waals surface area (Å²) in [6.07, 6.45) is 1.72. The van der Waals surface area contributed by atoms with Crippen LogP contribution in [0.25, 0.3) is 0 Å². The molecule has 0 bridgehead atoms. The van der Waals surface area contributed by atoms with Crippen LogP contribution in [0.3, 0.4) is 0 Å². The van der Waals surface area contributed by atoms with Gasteiger partial charge in [0.25, 0.3) is 0 Å². The molecule has 0 radical (unpaired) electrons. The number of likely N-dealkylation sites (tertiary alicyclic amines) is 1. The number of piperidine rings is 1. The van der Waals surface area contributed by atoms with Crippen molar-refractivity contribution < 1.29 is 4.43 Å². The van der Waals surface area contributed by atoms with Gasteiger partial charge in [0.15, 0.2) is 8.32 Å². The van der Waals surface area contributed by atoms with Crippen molar-refractivity contribution in [1.29, 1.82) is 5.26 Å². The average molecular weight is 254 g/mol. The van der Waals surface area contributed by atoms with Crippen molar-refractivity contribution in [1.82, 2.24) is 4.90 Å². The third-order valence-corrected chi connectivity index (χ3v) is 4.00. The highest BCUT2D eigenvalue weighted by atomic mass is 28.4. The molecular weight excluding hydrogens is 228 g/mol. The van der Waals surface area contributed by atoms with Crippen molar-refractivity contribution in [3.05, 3.63) is 0 Å². The summed E-state index contributed by atoms with van der Waals surface area (Å²) in [5, 5.41) is 9.40. The summed E-state index contributed by atoms with van der Waals surface area (Å²) >= 11 is 0. The fraction of sp³-hybridized carbons (Fsp3) is 0.923. The van der Waals surface area contributed by atoms with E-state index in [2.05, 4.69) is 44.5 Å². The number of nitriles is 1. The van der Waals surface area contributed by atoms with Crippen LogP contribution in [0.4, 0.5) is 0 Å². The topological polar surface area (TPSA) is 36.3 Å². The fourth-order valence-corrected chi connectivity index (χ4v) is 3.86. The summed E-state index contributed by atoms with van der Waals surface area (Å²) in [6.45, 7) is 14.1. The Morgan fingerprint density at radius 3 is 2.18 bits per heavy atom. The summed E-state index contributed by atoms with van der Waals surface area (Å²) in [5.41, 5.74) is -0.502. The lowest BCUT2D eigenvalue weighted by Gasteiger charge is -2.41. The summed E-state index contributed by atoms with van der Waals surface area (Å²) in [5.74, 6) is 0.697. The molecule has 0 aliphatic carbocycles. The van der Waals surface area contributed by atoms with Crippen LogP contribution >= 0.6 is 0 Å². The van der Waals surface area contributed by atoms with Crippen molar-refractivity contribution in [2.24, 2.45) is 5.92 Å². The molecule has 1 aliphatic rings. The largest absolute Gasteiger partial charge is 0.400 e. The Balaban J connectivity index is 2.55. The summed E-state index contributed by atoms with van der Waals surface area (Å²) in [4.78, 5) is 2.45. The van der Waals surface area contributed by atoms with Gasteiger partial charge in [0.2, 0.25) is 0 Å². The highest BCUT2D eigenvalue weighted by Gasteiger charge is 2.39. The van der Waals surface area contributed by atoms with Crippen LogP contribution < -0.4 is 0 Å². The molecule has 0 aromatic rings. The van der Waals surface area contributed by atoms with E-state index in [4.69, 9.17) is 4.43 Å². The lowest BCUT2D eigenvalue weighted by Crippen LogP contribution is -2.50. The van der Waals surface area contributed by atoms with Crippen LogP contribution in [-0.4, -0.2) is 38.5 Å². The van der Waals surface area contributed by atoms with Crippen molar-refractivity contribution in [3.63, 3.8) is 0 Å². The number of hydrogen-bond acceptors (Lipinski definition) is 3. The average Bonchev–Trinajstić information content (AvgIpc) is 2.18. The van der Waals surface area contributed by atoms with Crippen molar-refractivity contribution >= 4 is 8.32 Å². The van der Waals surface area contributed by atoms with Gasteiger partial charge in [0.05, 0.1) is 6.07 Å². The molecule has 1 heterocycles. The number of hydrogen-bond donors (Lipinski definition) is 0. The first kappa shape index (κ1) is 14.7. The van der Waals surface area contributed by atoms with Gasteiger partial charge < -0.3 is 9.33 Å². The molecule has 4 heteroatoms. The Bertz CT molecular complexity index is 283. The highest BCUT2D eigenvalue weighted by molar-refractivity contribution is 6.69. The monoisotopic (exact) mass is 254 g/mol. The van der Waals surface area contributed by atoms with Crippen LogP contribution in [0.2, 0.25) is 19.6 Å². The van der Waals surface area contributed by atoms with Gasteiger partial charge >= 0.3 is 0 Å². The van der Waals surface area contributed by atoms with E-state index in [0.29, 0.717) is 5.92 Å². The third kappa shape index (κ3) is 4.78. The Kier molecular flexibility index (Phi) is 4.76. The third-order valence-electron chi connectivity index (χ3n) is 2.99. The first-order valence-corrected chi connectivity index (χ1v) is 10.0.